The Morgan fingerprint density at radius 3 is 2.88 bits per heavy atom. The topological polar surface area (TPSA) is 17.8 Å². The summed E-state index contributed by atoms with van der Waals surface area (Å²) in [5, 5.41) is 2.23. The molecule has 0 atom stereocenters. The van der Waals surface area contributed by atoms with Gasteiger partial charge in [-0.1, -0.05) is 0 Å². The summed E-state index contributed by atoms with van der Waals surface area (Å²) >= 11 is 7.45. The molecule has 5 heteroatoms. The Morgan fingerprint density at radius 2 is 2.19 bits per heavy atom. The maximum absolute atomic E-state index is 5.49. The van der Waals surface area contributed by atoms with Gasteiger partial charge in [0.2, 0.25) is 0 Å². The van der Waals surface area contributed by atoms with Crippen molar-refractivity contribution in [2.75, 3.05) is 0 Å². The molecule has 0 bridgehead atoms. The van der Waals surface area contributed by atoms with Crippen LogP contribution in [0.15, 0.2) is 30.5 Å². The number of thiazole rings is 1. The zero-order chi connectivity index (χ0) is 11.1. The summed E-state index contributed by atoms with van der Waals surface area (Å²) in [6.45, 7) is 2.07. The SMILES string of the molecule is Cc1cnc(-n2[se]c3ccccc3c2=S)s1. The van der Waals surface area contributed by atoms with Crippen molar-refractivity contribution in [1.82, 2.24) is 8.55 Å². The van der Waals surface area contributed by atoms with Crippen LogP contribution in [0.2, 0.25) is 0 Å². The number of rotatable bonds is 1. The van der Waals surface area contributed by atoms with E-state index in [2.05, 4.69) is 33.7 Å². The number of fused-ring (bicyclic) bond motifs is 1. The van der Waals surface area contributed by atoms with Crippen molar-refractivity contribution in [3.63, 3.8) is 0 Å². The molecule has 0 spiro atoms. The van der Waals surface area contributed by atoms with E-state index in [-0.39, 0.29) is 14.7 Å². The van der Waals surface area contributed by atoms with Crippen molar-refractivity contribution in [2.45, 2.75) is 6.92 Å². The van der Waals surface area contributed by atoms with E-state index in [0.717, 1.165) is 9.77 Å². The molecule has 0 fully saturated rings. The molecule has 0 amide bonds. The maximum atomic E-state index is 5.49. The molecule has 3 rings (SSSR count). The molecule has 80 valence electrons. The molecule has 0 saturated carbocycles. The van der Waals surface area contributed by atoms with Crippen molar-refractivity contribution in [3.05, 3.63) is 40.0 Å². The van der Waals surface area contributed by atoms with Gasteiger partial charge in [-0.25, -0.2) is 0 Å². The first-order chi connectivity index (χ1) is 7.75. The molecule has 0 aliphatic rings. The first-order valence-corrected chi connectivity index (χ1v) is 7.64. The predicted molar refractivity (Wildman–Crippen MR) is 71.5 cm³/mol. The molecule has 0 N–H and O–H groups in total. The number of hydrogen-bond donors (Lipinski definition) is 0. The summed E-state index contributed by atoms with van der Waals surface area (Å²) in [7, 11) is 0. The van der Waals surface area contributed by atoms with Crippen LogP contribution in [0.4, 0.5) is 0 Å². The zero-order valence-electron chi connectivity index (χ0n) is 8.51. The summed E-state index contributed by atoms with van der Waals surface area (Å²) in [6, 6.07) is 8.36. The van der Waals surface area contributed by atoms with Crippen LogP contribution in [0.3, 0.4) is 0 Å². The minimum absolute atomic E-state index is 0.248. The van der Waals surface area contributed by atoms with Crippen LogP contribution in [0.5, 0.6) is 0 Å². The Hall–Kier alpha value is -0.741. The van der Waals surface area contributed by atoms with Crippen LogP contribution >= 0.6 is 23.6 Å². The van der Waals surface area contributed by atoms with Crippen LogP contribution in [-0.2, 0) is 0 Å². The monoisotopic (exact) mass is 312 g/mol. The van der Waals surface area contributed by atoms with Gasteiger partial charge in [0.1, 0.15) is 0 Å². The van der Waals surface area contributed by atoms with Crippen molar-refractivity contribution in [1.29, 1.82) is 0 Å². The van der Waals surface area contributed by atoms with E-state index >= 15 is 0 Å². The molecular weight excluding hydrogens is 303 g/mol. The third-order valence-electron chi connectivity index (χ3n) is 2.27. The van der Waals surface area contributed by atoms with Crippen molar-refractivity contribution >= 4 is 47.9 Å². The van der Waals surface area contributed by atoms with Crippen LogP contribution in [0.25, 0.3) is 14.8 Å². The summed E-state index contributed by atoms with van der Waals surface area (Å²) < 4.78 is 4.45. The second-order valence-corrected chi connectivity index (χ2v) is 7.11. The Bertz CT molecular complexity index is 708. The predicted octanol–water partition coefficient (Wildman–Crippen LogP) is 3.18. The van der Waals surface area contributed by atoms with Crippen molar-refractivity contribution < 1.29 is 0 Å². The number of benzene rings is 1. The van der Waals surface area contributed by atoms with E-state index in [0.29, 0.717) is 0 Å². The van der Waals surface area contributed by atoms with Gasteiger partial charge >= 0.3 is 109 Å². The summed E-state index contributed by atoms with van der Waals surface area (Å²) in [4.78, 5) is 5.63. The number of aryl methyl sites for hydroxylation is 1. The average molecular weight is 311 g/mol. The van der Waals surface area contributed by atoms with E-state index in [1.54, 1.807) is 11.3 Å². The number of aromatic nitrogens is 2. The third-order valence-corrected chi connectivity index (χ3v) is 6.39. The number of nitrogens with zero attached hydrogens (tertiary/aromatic N) is 2. The average Bonchev–Trinajstić information content (AvgIpc) is 2.84. The molecule has 0 aliphatic carbocycles. The van der Waals surface area contributed by atoms with Crippen molar-refractivity contribution in [3.8, 4) is 5.13 Å². The van der Waals surface area contributed by atoms with Gasteiger partial charge < -0.3 is 0 Å². The molecule has 2 heterocycles. The van der Waals surface area contributed by atoms with Gasteiger partial charge in [-0.3, -0.25) is 0 Å². The third kappa shape index (κ3) is 1.60. The molecule has 1 aromatic carbocycles. The summed E-state index contributed by atoms with van der Waals surface area (Å²) in [5.74, 6) is 0. The Kier molecular flexibility index (Phi) is 2.56. The van der Waals surface area contributed by atoms with Crippen molar-refractivity contribution in [2.24, 2.45) is 0 Å². The van der Waals surface area contributed by atoms with Crippen LogP contribution < -0.4 is 0 Å². The van der Waals surface area contributed by atoms with Gasteiger partial charge in [-0.05, 0) is 0 Å². The molecule has 16 heavy (non-hydrogen) atoms. The molecule has 0 saturated heterocycles. The van der Waals surface area contributed by atoms with Crippen LogP contribution in [0.1, 0.15) is 4.88 Å². The minimum atomic E-state index is 0.248. The van der Waals surface area contributed by atoms with Gasteiger partial charge in [0.05, 0.1) is 0 Å². The van der Waals surface area contributed by atoms with Gasteiger partial charge in [0.25, 0.3) is 0 Å². The molecule has 0 unspecified atom stereocenters. The molecule has 0 aliphatic heterocycles. The van der Waals surface area contributed by atoms with E-state index in [1.807, 2.05) is 12.3 Å². The second-order valence-electron chi connectivity index (χ2n) is 3.44. The second kappa shape index (κ2) is 3.93. The van der Waals surface area contributed by atoms with Gasteiger partial charge in [-0.2, -0.15) is 0 Å². The van der Waals surface area contributed by atoms with Crippen LogP contribution in [0, 0.1) is 11.6 Å². The first kappa shape index (κ1) is 10.4. The van der Waals surface area contributed by atoms with Gasteiger partial charge in [0.15, 0.2) is 0 Å². The molecule has 0 radical (unpaired) electrons. The Labute approximate surface area is 108 Å². The normalized spacial score (nSPS) is 11.1. The van der Waals surface area contributed by atoms with E-state index in [9.17, 15) is 0 Å². The fourth-order valence-corrected chi connectivity index (χ4v) is 5.20. The molecule has 3 aromatic rings. The number of hydrogen-bond acceptors (Lipinski definition) is 3. The Morgan fingerprint density at radius 1 is 1.38 bits per heavy atom. The zero-order valence-corrected chi connectivity index (χ0v) is 11.9. The Balaban J connectivity index is 2.33. The van der Waals surface area contributed by atoms with Gasteiger partial charge in [0, 0.05) is 0 Å². The molecular formula is C11H8N2S2Se. The van der Waals surface area contributed by atoms with E-state index in [4.69, 9.17) is 12.2 Å². The molecule has 2 aromatic heterocycles. The summed E-state index contributed by atoms with van der Waals surface area (Å²) in [5.41, 5.74) is 0. The van der Waals surface area contributed by atoms with Gasteiger partial charge in [-0.15, -0.1) is 0 Å². The first-order valence-electron chi connectivity index (χ1n) is 4.79. The molecule has 2 nitrogen and oxygen atoms in total. The van der Waals surface area contributed by atoms with E-state index in [1.165, 1.54) is 14.5 Å². The standard InChI is InChI=1S/C11H8N2S2Se/c1-7-6-12-11(15-7)13-10(14)8-4-2-3-5-9(8)16-13/h2-6H,1H3. The fraction of sp³-hybridized carbons (Fsp3) is 0.0909. The quantitative estimate of drug-likeness (QED) is 0.507. The van der Waals surface area contributed by atoms with E-state index < -0.39 is 0 Å². The fourth-order valence-electron chi connectivity index (χ4n) is 1.53. The van der Waals surface area contributed by atoms with Crippen LogP contribution in [-0.4, -0.2) is 23.3 Å². The summed E-state index contributed by atoms with van der Waals surface area (Å²) in [6.07, 6.45) is 1.90.